The molecule has 1 saturated carbocycles. The molecule has 0 N–H and O–H groups in total. The van der Waals surface area contributed by atoms with E-state index in [0.29, 0.717) is 12.3 Å². The Morgan fingerprint density at radius 3 is 2.80 bits per heavy atom. The molecule has 3 heteroatoms. The molecule has 0 aromatic carbocycles. The van der Waals surface area contributed by atoms with Gasteiger partial charge in [0.2, 0.25) is 0 Å². The third-order valence-electron chi connectivity index (χ3n) is 3.60. The SMILES string of the molecule is CC1CCCC1(C=O)Cc1ncccn1. The maximum absolute atomic E-state index is 11.3. The standard InChI is InChI=1S/C12H16N2O/c1-10-4-2-5-12(10,9-15)8-11-13-6-3-7-14-11/h3,6-7,9-10H,2,4-5,8H2,1H3. The Hall–Kier alpha value is -1.25. The number of hydrogen-bond donors (Lipinski definition) is 0. The van der Waals surface area contributed by atoms with Crippen molar-refractivity contribution in [1.82, 2.24) is 9.97 Å². The Labute approximate surface area is 89.9 Å². The molecule has 1 aliphatic carbocycles. The fourth-order valence-electron chi connectivity index (χ4n) is 2.47. The third-order valence-corrected chi connectivity index (χ3v) is 3.60. The van der Waals surface area contributed by atoms with Crippen LogP contribution in [-0.2, 0) is 11.2 Å². The van der Waals surface area contributed by atoms with Gasteiger partial charge < -0.3 is 4.79 Å². The van der Waals surface area contributed by atoms with Crippen LogP contribution >= 0.6 is 0 Å². The van der Waals surface area contributed by atoms with E-state index in [1.54, 1.807) is 18.5 Å². The highest BCUT2D eigenvalue weighted by Gasteiger charge is 2.40. The van der Waals surface area contributed by atoms with Crippen molar-refractivity contribution in [1.29, 1.82) is 0 Å². The van der Waals surface area contributed by atoms with Gasteiger partial charge in [0.1, 0.15) is 12.1 Å². The van der Waals surface area contributed by atoms with Gasteiger partial charge in [-0.05, 0) is 24.8 Å². The molecule has 0 radical (unpaired) electrons. The number of carbonyl (C=O) groups excluding carboxylic acids is 1. The Bertz CT molecular complexity index is 339. The summed E-state index contributed by atoms with van der Waals surface area (Å²) in [6.45, 7) is 2.16. The average molecular weight is 204 g/mol. The van der Waals surface area contributed by atoms with Crippen LogP contribution in [0.15, 0.2) is 18.5 Å². The van der Waals surface area contributed by atoms with Crippen molar-refractivity contribution in [2.75, 3.05) is 0 Å². The molecule has 3 nitrogen and oxygen atoms in total. The van der Waals surface area contributed by atoms with E-state index in [0.717, 1.165) is 31.4 Å². The Morgan fingerprint density at radius 2 is 2.27 bits per heavy atom. The van der Waals surface area contributed by atoms with Crippen molar-refractivity contribution < 1.29 is 4.79 Å². The summed E-state index contributed by atoms with van der Waals surface area (Å²) < 4.78 is 0. The van der Waals surface area contributed by atoms with Crippen LogP contribution in [0.4, 0.5) is 0 Å². The minimum atomic E-state index is -0.207. The van der Waals surface area contributed by atoms with Gasteiger partial charge in [-0.25, -0.2) is 9.97 Å². The molecule has 0 bridgehead atoms. The Morgan fingerprint density at radius 1 is 1.53 bits per heavy atom. The summed E-state index contributed by atoms with van der Waals surface area (Å²) in [6, 6.07) is 1.80. The van der Waals surface area contributed by atoms with Crippen molar-refractivity contribution >= 4 is 6.29 Å². The van der Waals surface area contributed by atoms with E-state index in [4.69, 9.17) is 0 Å². The predicted octanol–water partition coefficient (Wildman–Crippen LogP) is 2.02. The molecule has 0 spiro atoms. The van der Waals surface area contributed by atoms with Crippen LogP contribution in [-0.4, -0.2) is 16.3 Å². The Kier molecular flexibility index (Phi) is 2.80. The first-order valence-electron chi connectivity index (χ1n) is 5.49. The number of aldehydes is 1. The number of hydrogen-bond acceptors (Lipinski definition) is 3. The summed E-state index contributed by atoms with van der Waals surface area (Å²) in [5.74, 6) is 1.25. The van der Waals surface area contributed by atoms with Gasteiger partial charge in [0, 0.05) is 24.2 Å². The van der Waals surface area contributed by atoms with E-state index in [2.05, 4.69) is 16.9 Å². The van der Waals surface area contributed by atoms with E-state index < -0.39 is 0 Å². The molecular weight excluding hydrogens is 188 g/mol. The van der Waals surface area contributed by atoms with Gasteiger partial charge in [-0.15, -0.1) is 0 Å². The summed E-state index contributed by atoms with van der Waals surface area (Å²) >= 11 is 0. The minimum absolute atomic E-state index is 0.207. The first-order chi connectivity index (χ1) is 7.27. The maximum Gasteiger partial charge on any atom is 0.129 e. The second kappa shape index (κ2) is 4.09. The first kappa shape index (κ1) is 10.3. The first-order valence-corrected chi connectivity index (χ1v) is 5.49. The monoisotopic (exact) mass is 204 g/mol. The van der Waals surface area contributed by atoms with E-state index >= 15 is 0 Å². The highest BCUT2D eigenvalue weighted by atomic mass is 16.1. The molecule has 0 aliphatic heterocycles. The molecule has 1 heterocycles. The van der Waals surface area contributed by atoms with E-state index in [-0.39, 0.29) is 5.41 Å². The maximum atomic E-state index is 11.3. The quantitative estimate of drug-likeness (QED) is 0.707. The second-order valence-corrected chi connectivity index (χ2v) is 4.49. The normalized spacial score (nSPS) is 30.3. The van der Waals surface area contributed by atoms with Gasteiger partial charge in [0.25, 0.3) is 0 Å². The van der Waals surface area contributed by atoms with Crippen LogP contribution in [0.1, 0.15) is 32.0 Å². The van der Waals surface area contributed by atoms with Gasteiger partial charge in [0.15, 0.2) is 0 Å². The van der Waals surface area contributed by atoms with E-state index in [1.807, 2.05) is 0 Å². The van der Waals surface area contributed by atoms with Crippen molar-refractivity contribution in [3.63, 3.8) is 0 Å². The fourth-order valence-corrected chi connectivity index (χ4v) is 2.47. The number of rotatable bonds is 3. The third kappa shape index (κ3) is 1.91. The molecule has 15 heavy (non-hydrogen) atoms. The van der Waals surface area contributed by atoms with Crippen LogP contribution in [0.25, 0.3) is 0 Å². The van der Waals surface area contributed by atoms with Crippen LogP contribution in [0.3, 0.4) is 0 Å². The largest absolute Gasteiger partial charge is 0.303 e. The molecule has 1 aliphatic rings. The topological polar surface area (TPSA) is 42.9 Å². The average Bonchev–Trinajstić information content (AvgIpc) is 2.62. The number of nitrogens with zero attached hydrogens (tertiary/aromatic N) is 2. The molecule has 1 fully saturated rings. The van der Waals surface area contributed by atoms with Gasteiger partial charge in [-0.3, -0.25) is 0 Å². The zero-order valence-corrected chi connectivity index (χ0v) is 9.02. The predicted molar refractivity (Wildman–Crippen MR) is 57.2 cm³/mol. The summed E-state index contributed by atoms with van der Waals surface area (Å²) in [7, 11) is 0. The molecule has 2 rings (SSSR count). The van der Waals surface area contributed by atoms with Crippen LogP contribution in [0.2, 0.25) is 0 Å². The zero-order chi connectivity index (χ0) is 10.7. The van der Waals surface area contributed by atoms with Gasteiger partial charge in [0.05, 0.1) is 0 Å². The van der Waals surface area contributed by atoms with Gasteiger partial charge >= 0.3 is 0 Å². The van der Waals surface area contributed by atoms with Gasteiger partial charge in [-0.2, -0.15) is 0 Å². The molecular formula is C12H16N2O. The second-order valence-electron chi connectivity index (χ2n) is 4.49. The highest BCUT2D eigenvalue weighted by molar-refractivity contribution is 5.61. The van der Waals surface area contributed by atoms with Crippen molar-refractivity contribution in [3.8, 4) is 0 Å². The minimum Gasteiger partial charge on any atom is -0.303 e. The lowest BCUT2D eigenvalue weighted by atomic mass is 9.77. The lowest BCUT2D eigenvalue weighted by Crippen LogP contribution is -2.29. The summed E-state index contributed by atoms with van der Waals surface area (Å²) in [5.41, 5.74) is -0.207. The highest BCUT2D eigenvalue weighted by Crippen LogP contribution is 2.43. The number of aromatic nitrogens is 2. The van der Waals surface area contributed by atoms with Crippen molar-refractivity contribution in [2.45, 2.75) is 32.6 Å². The molecule has 2 atom stereocenters. The molecule has 2 unspecified atom stereocenters. The smallest absolute Gasteiger partial charge is 0.129 e. The summed E-state index contributed by atoms with van der Waals surface area (Å²) in [6.07, 6.45) is 8.56. The zero-order valence-electron chi connectivity index (χ0n) is 9.02. The summed E-state index contributed by atoms with van der Waals surface area (Å²) in [4.78, 5) is 19.7. The van der Waals surface area contributed by atoms with Crippen LogP contribution in [0, 0.1) is 11.3 Å². The molecule has 0 amide bonds. The Balaban J connectivity index is 2.18. The van der Waals surface area contributed by atoms with Crippen LogP contribution in [0.5, 0.6) is 0 Å². The lowest BCUT2D eigenvalue weighted by molar-refractivity contribution is -0.117. The molecule has 1 aromatic heterocycles. The number of carbonyl (C=O) groups is 1. The van der Waals surface area contributed by atoms with Gasteiger partial charge in [-0.1, -0.05) is 13.3 Å². The molecule has 1 aromatic rings. The van der Waals surface area contributed by atoms with E-state index in [1.165, 1.54) is 0 Å². The molecule has 80 valence electrons. The van der Waals surface area contributed by atoms with Crippen molar-refractivity contribution in [2.24, 2.45) is 11.3 Å². The lowest BCUT2D eigenvalue weighted by Gasteiger charge is -2.26. The summed E-state index contributed by atoms with van der Waals surface area (Å²) in [5, 5.41) is 0. The van der Waals surface area contributed by atoms with E-state index in [9.17, 15) is 4.79 Å². The fraction of sp³-hybridized carbons (Fsp3) is 0.583. The van der Waals surface area contributed by atoms with Crippen LogP contribution < -0.4 is 0 Å². The molecule has 0 saturated heterocycles. The van der Waals surface area contributed by atoms with Crippen molar-refractivity contribution in [3.05, 3.63) is 24.3 Å².